The van der Waals surface area contributed by atoms with Gasteiger partial charge in [-0.2, -0.15) is 0 Å². The third-order valence-electron chi connectivity index (χ3n) is 3.80. The monoisotopic (exact) mass is 214 g/mol. The summed E-state index contributed by atoms with van der Waals surface area (Å²) in [6.45, 7) is 13.7. The van der Waals surface area contributed by atoms with Crippen molar-refractivity contribution in [2.75, 3.05) is 19.6 Å². The van der Waals surface area contributed by atoms with Crippen LogP contribution in [0.4, 0.5) is 0 Å². The summed E-state index contributed by atoms with van der Waals surface area (Å²) in [6, 6.07) is 0. The summed E-state index contributed by atoms with van der Waals surface area (Å²) in [5, 5.41) is 0. The van der Waals surface area contributed by atoms with E-state index in [1.165, 1.54) is 0 Å². The molecule has 0 amide bonds. The van der Waals surface area contributed by atoms with E-state index in [0.717, 1.165) is 13.1 Å². The van der Waals surface area contributed by atoms with Crippen molar-refractivity contribution in [2.45, 2.75) is 52.4 Å². The van der Waals surface area contributed by atoms with Crippen molar-refractivity contribution in [2.24, 2.45) is 11.7 Å². The SMILES string of the molecule is CC1CN(C(C)(CN)C(C)C)CC(C)O1. The van der Waals surface area contributed by atoms with Gasteiger partial charge in [0.25, 0.3) is 0 Å². The van der Waals surface area contributed by atoms with E-state index in [-0.39, 0.29) is 5.54 Å². The molecule has 0 saturated carbocycles. The normalized spacial score (nSPS) is 33.0. The molecule has 0 radical (unpaired) electrons. The van der Waals surface area contributed by atoms with Gasteiger partial charge in [-0.15, -0.1) is 0 Å². The maximum absolute atomic E-state index is 5.95. The molecular weight excluding hydrogens is 188 g/mol. The number of rotatable bonds is 3. The van der Waals surface area contributed by atoms with Crippen LogP contribution in [0.1, 0.15) is 34.6 Å². The molecule has 1 saturated heterocycles. The number of nitrogens with zero attached hydrogens (tertiary/aromatic N) is 1. The lowest BCUT2D eigenvalue weighted by atomic mass is 9.85. The van der Waals surface area contributed by atoms with Crippen LogP contribution in [-0.4, -0.2) is 42.3 Å². The van der Waals surface area contributed by atoms with E-state index < -0.39 is 0 Å². The molecule has 0 aliphatic carbocycles. The smallest absolute Gasteiger partial charge is 0.0678 e. The molecule has 0 spiro atoms. The predicted octanol–water partition coefficient (Wildman–Crippen LogP) is 1.47. The van der Waals surface area contributed by atoms with E-state index in [9.17, 15) is 0 Å². The summed E-state index contributed by atoms with van der Waals surface area (Å²) >= 11 is 0. The fourth-order valence-corrected chi connectivity index (χ4v) is 2.32. The molecule has 0 aromatic rings. The average molecular weight is 214 g/mol. The van der Waals surface area contributed by atoms with Crippen LogP contribution >= 0.6 is 0 Å². The van der Waals surface area contributed by atoms with Gasteiger partial charge in [0.1, 0.15) is 0 Å². The highest BCUT2D eigenvalue weighted by atomic mass is 16.5. The van der Waals surface area contributed by atoms with E-state index in [2.05, 4.69) is 39.5 Å². The highest BCUT2D eigenvalue weighted by molar-refractivity contribution is 4.93. The van der Waals surface area contributed by atoms with Gasteiger partial charge in [0.2, 0.25) is 0 Å². The lowest BCUT2D eigenvalue weighted by Crippen LogP contribution is -2.61. The molecule has 1 rings (SSSR count). The average Bonchev–Trinajstić information content (AvgIpc) is 2.14. The lowest BCUT2D eigenvalue weighted by Gasteiger charge is -2.48. The van der Waals surface area contributed by atoms with E-state index in [1.807, 2.05) is 0 Å². The second-order valence-corrected chi connectivity index (χ2v) is 5.38. The first-order valence-electron chi connectivity index (χ1n) is 6.00. The van der Waals surface area contributed by atoms with E-state index >= 15 is 0 Å². The van der Waals surface area contributed by atoms with Gasteiger partial charge in [0.05, 0.1) is 12.2 Å². The summed E-state index contributed by atoms with van der Waals surface area (Å²) in [7, 11) is 0. The molecule has 15 heavy (non-hydrogen) atoms. The minimum atomic E-state index is 0.103. The van der Waals surface area contributed by atoms with E-state index in [1.54, 1.807) is 0 Å². The van der Waals surface area contributed by atoms with Gasteiger partial charge < -0.3 is 10.5 Å². The van der Waals surface area contributed by atoms with Crippen LogP contribution in [0.25, 0.3) is 0 Å². The number of hydrogen-bond acceptors (Lipinski definition) is 3. The Bertz CT molecular complexity index is 198. The van der Waals surface area contributed by atoms with Crippen molar-refractivity contribution in [3.8, 4) is 0 Å². The van der Waals surface area contributed by atoms with Crippen LogP contribution in [0.5, 0.6) is 0 Å². The Morgan fingerprint density at radius 1 is 1.33 bits per heavy atom. The van der Waals surface area contributed by atoms with Crippen molar-refractivity contribution in [1.29, 1.82) is 0 Å². The van der Waals surface area contributed by atoms with Crippen LogP contribution in [-0.2, 0) is 4.74 Å². The molecule has 0 aromatic heterocycles. The number of nitrogens with two attached hydrogens (primary N) is 1. The van der Waals surface area contributed by atoms with Crippen molar-refractivity contribution in [3.63, 3.8) is 0 Å². The summed E-state index contributed by atoms with van der Waals surface area (Å²) in [5.41, 5.74) is 6.05. The minimum Gasteiger partial charge on any atom is -0.373 e. The fourth-order valence-electron chi connectivity index (χ4n) is 2.32. The van der Waals surface area contributed by atoms with Crippen LogP contribution < -0.4 is 5.73 Å². The van der Waals surface area contributed by atoms with E-state index in [0.29, 0.717) is 24.7 Å². The summed E-state index contributed by atoms with van der Waals surface area (Å²) < 4.78 is 5.75. The summed E-state index contributed by atoms with van der Waals surface area (Å²) in [5.74, 6) is 0.569. The third-order valence-corrected chi connectivity index (χ3v) is 3.80. The highest BCUT2D eigenvalue weighted by Gasteiger charge is 2.37. The van der Waals surface area contributed by atoms with Crippen molar-refractivity contribution in [1.82, 2.24) is 4.90 Å². The summed E-state index contributed by atoms with van der Waals surface area (Å²) in [6.07, 6.45) is 0.636. The van der Waals surface area contributed by atoms with Crippen LogP contribution in [0.2, 0.25) is 0 Å². The van der Waals surface area contributed by atoms with E-state index in [4.69, 9.17) is 10.5 Å². The molecule has 1 aliphatic rings. The second-order valence-electron chi connectivity index (χ2n) is 5.38. The van der Waals surface area contributed by atoms with Gasteiger partial charge in [-0.1, -0.05) is 13.8 Å². The molecule has 90 valence electrons. The molecule has 3 nitrogen and oxygen atoms in total. The van der Waals surface area contributed by atoms with Gasteiger partial charge in [-0.25, -0.2) is 0 Å². The van der Waals surface area contributed by atoms with Gasteiger partial charge in [-0.3, -0.25) is 4.90 Å². The number of ether oxygens (including phenoxy) is 1. The Balaban J connectivity index is 2.75. The number of hydrogen-bond donors (Lipinski definition) is 1. The molecule has 0 bridgehead atoms. The molecule has 1 heterocycles. The van der Waals surface area contributed by atoms with Gasteiger partial charge in [0.15, 0.2) is 0 Å². The minimum absolute atomic E-state index is 0.103. The largest absolute Gasteiger partial charge is 0.373 e. The Morgan fingerprint density at radius 3 is 2.13 bits per heavy atom. The lowest BCUT2D eigenvalue weighted by molar-refractivity contribution is -0.106. The van der Waals surface area contributed by atoms with Crippen molar-refractivity contribution < 1.29 is 4.74 Å². The zero-order valence-corrected chi connectivity index (χ0v) is 10.8. The zero-order valence-electron chi connectivity index (χ0n) is 10.8. The Labute approximate surface area is 94.0 Å². The fraction of sp³-hybridized carbons (Fsp3) is 1.00. The Kier molecular flexibility index (Phi) is 4.15. The topological polar surface area (TPSA) is 38.5 Å². The second kappa shape index (κ2) is 4.81. The third kappa shape index (κ3) is 2.71. The van der Waals surface area contributed by atoms with Crippen LogP contribution in [0.3, 0.4) is 0 Å². The molecule has 1 fully saturated rings. The standard InChI is InChI=1S/C12H26N2O/c1-9(2)12(5,8-13)14-6-10(3)15-11(4)7-14/h9-11H,6-8,13H2,1-5H3. The maximum Gasteiger partial charge on any atom is 0.0678 e. The van der Waals surface area contributed by atoms with Gasteiger partial charge in [0, 0.05) is 25.2 Å². The first-order chi connectivity index (χ1) is 6.90. The van der Waals surface area contributed by atoms with Crippen molar-refractivity contribution >= 4 is 0 Å². The van der Waals surface area contributed by atoms with Gasteiger partial charge >= 0.3 is 0 Å². The highest BCUT2D eigenvalue weighted by Crippen LogP contribution is 2.27. The number of morpholine rings is 1. The molecule has 3 unspecified atom stereocenters. The molecular formula is C12H26N2O. The maximum atomic E-state index is 5.95. The van der Waals surface area contributed by atoms with Gasteiger partial charge in [-0.05, 0) is 26.7 Å². The quantitative estimate of drug-likeness (QED) is 0.773. The summed E-state index contributed by atoms with van der Waals surface area (Å²) in [4.78, 5) is 2.50. The van der Waals surface area contributed by atoms with Crippen LogP contribution in [0, 0.1) is 5.92 Å². The first kappa shape index (κ1) is 12.9. The molecule has 3 heteroatoms. The Morgan fingerprint density at radius 2 is 1.80 bits per heavy atom. The predicted molar refractivity (Wildman–Crippen MR) is 63.9 cm³/mol. The van der Waals surface area contributed by atoms with Crippen molar-refractivity contribution in [3.05, 3.63) is 0 Å². The molecule has 1 aliphatic heterocycles. The Hall–Kier alpha value is -0.120. The molecule has 2 N–H and O–H groups in total. The van der Waals surface area contributed by atoms with Crippen LogP contribution in [0.15, 0.2) is 0 Å². The molecule has 3 atom stereocenters. The zero-order chi connectivity index (χ0) is 11.6. The first-order valence-corrected chi connectivity index (χ1v) is 6.00. The molecule has 0 aromatic carbocycles.